The Balaban J connectivity index is 1.04. The Kier molecular flexibility index (Phi) is 6.44. The summed E-state index contributed by atoms with van der Waals surface area (Å²) >= 11 is 0. The monoisotopic (exact) mass is 721 g/mol. The smallest absolute Gasteiger partial charge is 0.162 e. The van der Waals surface area contributed by atoms with Gasteiger partial charge in [-0.2, -0.15) is 0 Å². The van der Waals surface area contributed by atoms with Crippen molar-refractivity contribution in [3.8, 4) is 11.5 Å². The first kappa shape index (κ1) is 31.1. The molecule has 0 bridgehead atoms. The second-order valence-corrected chi connectivity index (χ2v) is 15.0. The molecule has 0 spiro atoms. The Morgan fingerprint density at radius 1 is 0.446 bits per heavy atom. The molecule has 12 rings (SSSR count). The lowest BCUT2D eigenvalue weighted by Gasteiger charge is -2.22. The summed E-state index contributed by atoms with van der Waals surface area (Å²) in [6, 6.07) is 56.5. The minimum atomic E-state index is 0.707. The van der Waals surface area contributed by atoms with Gasteiger partial charge in [0.05, 0.1) is 39.0 Å². The van der Waals surface area contributed by atoms with Crippen LogP contribution in [0.1, 0.15) is 11.1 Å². The van der Waals surface area contributed by atoms with Crippen LogP contribution >= 0.6 is 0 Å². The third-order valence-corrected chi connectivity index (χ3v) is 11.9. The largest absolute Gasteiger partial charge is 0.457 e. The van der Waals surface area contributed by atoms with Crippen molar-refractivity contribution in [3.63, 3.8) is 0 Å². The van der Waals surface area contributed by atoms with Gasteiger partial charge in [-0.25, -0.2) is 4.98 Å². The van der Waals surface area contributed by atoms with Crippen molar-refractivity contribution in [1.29, 1.82) is 0 Å². The third-order valence-electron chi connectivity index (χ3n) is 11.9. The number of benzene rings is 7. The van der Waals surface area contributed by atoms with Gasteiger partial charge in [0.25, 0.3) is 0 Å². The minimum Gasteiger partial charge on any atom is -0.457 e. The number of hydrogen-bond acceptors (Lipinski definition) is 4. The third kappa shape index (κ3) is 4.35. The van der Waals surface area contributed by atoms with Gasteiger partial charge in [-0.15, -0.1) is 0 Å². The first-order valence-corrected chi connectivity index (χ1v) is 19.2. The maximum absolute atomic E-state index is 6.79. The lowest BCUT2D eigenvalue weighted by Crippen LogP contribution is -2.23. The standard InChI is InChI=1S/C50H35N5O/c1-31-26-46-47(27-32(31)2)53(30-52(46)33-12-4-3-5-13-33)34-14-8-15-35(28-34)56-36-23-24-38-40-18-10-20-42-41-19-9-17-39-37-16-6-7-21-43(37)54(48(39)41)44-22-11-25-51-50(44)55(49(40)42)45(38)29-36/h3-29H,30H2,1-2H3. The van der Waals surface area contributed by atoms with Crippen LogP contribution in [0.15, 0.2) is 164 Å². The van der Waals surface area contributed by atoms with E-state index in [2.05, 4.69) is 178 Å². The van der Waals surface area contributed by atoms with Crippen LogP contribution in [0.25, 0.3) is 65.5 Å². The predicted octanol–water partition coefficient (Wildman–Crippen LogP) is 13.0. The topological polar surface area (TPSA) is 37.4 Å². The Bertz CT molecular complexity index is 3420. The molecule has 266 valence electrons. The number of aryl methyl sites for hydroxylation is 2. The number of hydrogen-bond donors (Lipinski definition) is 0. The lowest BCUT2D eigenvalue weighted by molar-refractivity contribution is 0.483. The lowest BCUT2D eigenvalue weighted by atomic mass is 10.0. The van der Waals surface area contributed by atoms with Crippen molar-refractivity contribution >= 4 is 88.3 Å². The summed E-state index contributed by atoms with van der Waals surface area (Å²) in [5.74, 6) is 1.55. The number of fused-ring (bicyclic) bond motifs is 11. The van der Waals surface area contributed by atoms with Crippen LogP contribution < -0.4 is 14.5 Å². The molecule has 6 nitrogen and oxygen atoms in total. The zero-order valence-electron chi connectivity index (χ0n) is 30.9. The predicted molar refractivity (Wildman–Crippen MR) is 232 cm³/mol. The summed E-state index contributed by atoms with van der Waals surface area (Å²) in [5, 5.41) is 7.20. The van der Waals surface area contributed by atoms with Crippen LogP contribution in [0.3, 0.4) is 0 Å². The molecule has 0 saturated carbocycles. The maximum Gasteiger partial charge on any atom is 0.162 e. The van der Waals surface area contributed by atoms with Crippen LogP contribution in [0.5, 0.6) is 11.5 Å². The normalized spacial score (nSPS) is 13.0. The average Bonchev–Trinajstić information content (AvgIpc) is 3.88. The van der Waals surface area contributed by atoms with Gasteiger partial charge in [-0.1, -0.05) is 78.9 Å². The molecule has 0 atom stereocenters. The van der Waals surface area contributed by atoms with Gasteiger partial charge in [-0.05, 0) is 91.7 Å². The summed E-state index contributed by atoms with van der Waals surface area (Å²) in [5.41, 5.74) is 13.7. The zero-order chi connectivity index (χ0) is 37.1. The number of pyridine rings is 1. The number of nitrogens with zero attached hydrogens (tertiary/aromatic N) is 5. The first-order chi connectivity index (χ1) is 27.6. The number of ether oxygens (including phenoxy) is 1. The Morgan fingerprint density at radius 2 is 1.02 bits per heavy atom. The SMILES string of the molecule is Cc1cc2c(cc1C)N(c1cccc(Oc3ccc4c5cccc6c7cccc8c9ccccc9n(c9cccnc9n(c4c3)c56)c87)c1)CN2c1ccccc1. The van der Waals surface area contributed by atoms with E-state index in [9.17, 15) is 0 Å². The van der Waals surface area contributed by atoms with E-state index in [-0.39, 0.29) is 0 Å². The Labute approximate surface area is 322 Å². The van der Waals surface area contributed by atoms with E-state index < -0.39 is 0 Å². The van der Waals surface area contributed by atoms with E-state index >= 15 is 0 Å². The fourth-order valence-corrected chi connectivity index (χ4v) is 9.18. The summed E-state index contributed by atoms with van der Waals surface area (Å²) in [6.45, 7) is 5.08. The molecule has 0 amide bonds. The maximum atomic E-state index is 6.79. The summed E-state index contributed by atoms with van der Waals surface area (Å²) in [7, 11) is 0. The van der Waals surface area contributed by atoms with Crippen molar-refractivity contribution in [2.45, 2.75) is 13.8 Å². The number of anilines is 4. The van der Waals surface area contributed by atoms with Gasteiger partial charge in [0.15, 0.2) is 5.65 Å². The molecule has 4 aromatic heterocycles. The van der Waals surface area contributed by atoms with E-state index in [1.807, 2.05) is 18.3 Å². The molecule has 0 N–H and O–H groups in total. The molecule has 7 aromatic carbocycles. The molecule has 11 aromatic rings. The molecule has 0 saturated heterocycles. The minimum absolute atomic E-state index is 0.707. The van der Waals surface area contributed by atoms with Crippen molar-refractivity contribution in [2.24, 2.45) is 0 Å². The van der Waals surface area contributed by atoms with Crippen LogP contribution in [0, 0.1) is 13.8 Å². The van der Waals surface area contributed by atoms with Crippen LogP contribution in [0.4, 0.5) is 22.7 Å². The van der Waals surface area contributed by atoms with E-state index in [1.165, 1.54) is 60.6 Å². The van der Waals surface area contributed by atoms with Gasteiger partial charge < -0.3 is 18.9 Å². The van der Waals surface area contributed by atoms with Crippen molar-refractivity contribution in [2.75, 3.05) is 16.5 Å². The van der Waals surface area contributed by atoms with Crippen molar-refractivity contribution in [3.05, 3.63) is 175 Å². The Morgan fingerprint density at radius 3 is 1.79 bits per heavy atom. The highest BCUT2D eigenvalue weighted by Crippen LogP contribution is 2.47. The van der Waals surface area contributed by atoms with Gasteiger partial charge in [0, 0.05) is 62.0 Å². The molecule has 0 unspecified atom stereocenters. The van der Waals surface area contributed by atoms with Gasteiger partial charge in [0.1, 0.15) is 18.2 Å². The molecular formula is C50H35N5O. The first-order valence-electron chi connectivity index (χ1n) is 19.2. The quantitative estimate of drug-likeness (QED) is 0.181. The highest BCUT2D eigenvalue weighted by molar-refractivity contribution is 6.25. The molecule has 56 heavy (non-hydrogen) atoms. The van der Waals surface area contributed by atoms with Gasteiger partial charge in [-0.3, -0.25) is 4.40 Å². The van der Waals surface area contributed by atoms with Crippen LogP contribution in [0.2, 0.25) is 0 Å². The molecular weight excluding hydrogens is 687 g/mol. The molecule has 1 aliphatic heterocycles. The number of para-hydroxylation sites is 4. The number of rotatable bonds is 4. The Hall–Kier alpha value is -7.31. The van der Waals surface area contributed by atoms with Crippen LogP contribution in [-0.4, -0.2) is 20.5 Å². The second-order valence-electron chi connectivity index (χ2n) is 15.0. The van der Waals surface area contributed by atoms with E-state index in [4.69, 9.17) is 9.72 Å². The summed E-state index contributed by atoms with van der Waals surface area (Å²) in [6.07, 6.45) is 1.90. The van der Waals surface area contributed by atoms with E-state index in [1.54, 1.807) is 0 Å². The fourth-order valence-electron chi connectivity index (χ4n) is 9.18. The van der Waals surface area contributed by atoms with Crippen molar-refractivity contribution < 1.29 is 4.74 Å². The van der Waals surface area contributed by atoms with E-state index in [0.717, 1.165) is 50.3 Å². The molecule has 1 aliphatic rings. The molecule has 0 fully saturated rings. The van der Waals surface area contributed by atoms with E-state index in [0.29, 0.717) is 6.67 Å². The molecule has 5 heterocycles. The summed E-state index contributed by atoms with van der Waals surface area (Å²) < 4.78 is 11.5. The van der Waals surface area contributed by atoms with Crippen LogP contribution in [-0.2, 0) is 0 Å². The average molecular weight is 722 g/mol. The molecule has 0 radical (unpaired) electrons. The number of aromatic nitrogens is 3. The highest BCUT2D eigenvalue weighted by Gasteiger charge is 2.29. The molecule has 0 aliphatic carbocycles. The van der Waals surface area contributed by atoms with Gasteiger partial charge in [0.2, 0.25) is 0 Å². The zero-order valence-corrected chi connectivity index (χ0v) is 30.9. The van der Waals surface area contributed by atoms with Crippen molar-refractivity contribution in [1.82, 2.24) is 13.8 Å². The molecule has 6 heteroatoms. The summed E-state index contributed by atoms with van der Waals surface area (Å²) in [4.78, 5) is 9.90. The fraction of sp³-hybridized carbons (Fsp3) is 0.0600. The second kappa shape index (κ2) is 11.6. The highest BCUT2D eigenvalue weighted by atomic mass is 16.5. The van der Waals surface area contributed by atoms with Gasteiger partial charge >= 0.3 is 0 Å².